The molecule has 0 aromatic heterocycles. The summed E-state index contributed by atoms with van der Waals surface area (Å²) in [4.78, 5) is 14.5. The molecular weight excluding hydrogens is 280 g/mol. The van der Waals surface area contributed by atoms with Gasteiger partial charge in [0.25, 0.3) is 0 Å². The summed E-state index contributed by atoms with van der Waals surface area (Å²) in [6.45, 7) is 6.78. The van der Waals surface area contributed by atoms with Crippen molar-refractivity contribution in [3.05, 3.63) is 23.8 Å². The van der Waals surface area contributed by atoms with E-state index < -0.39 is 0 Å². The molecule has 1 aromatic rings. The maximum absolute atomic E-state index is 12.5. The Kier molecular flexibility index (Phi) is 5.66. The first-order valence-electron chi connectivity index (χ1n) is 7.77. The summed E-state index contributed by atoms with van der Waals surface area (Å²) in [5, 5.41) is 3.47. The fourth-order valence-corrected chi connectivity index (χ4v) is 2.73. The Morgan fingerprint density at radius 3 is 2.68 bits per heavy atom. The van der Waals surface area contributed by atoms with E-state index in [0.29, 0.717) is 29.9 Å². The number of methoxy groups -OCH3 is 2. The minimum absolute atomic E-state index is 0.166. The van der Waals surface area contributed by atoms with Crippen LogP contribution in [0.5, 0.6) is 11.5 Å². The van der Waals surface area contributed by atoms with E-state index in [0.717, 1.165) is 25.2 Å². The first-order chi connectivity index (χ1) is 10.5. The molecule has 22 heavy (non-hydrogen) atoms. The number of ether oxygens (including phenoxy) is 2. The molecular formula is C17H26N2O3. The summed E-state index contributed by atoms with van der Waals surface area (Å²) in [6.07, 6.45) is 0.394. The van der Waals surface area contributed by atoms with Crippen LogP contribution in [-0.4, -0.2) is 50.7 Å². The zero-order chi connectivity index (χ0) is 16.1. The zero-order valence-corrected chi connectivity index (χ0v) is 13.9. The van der Waals surface area contributed by atoms with Crippen LogP contribution in [0, 0.1) is 5.92 Å². The van der Waals surface area contributed by atoms with Crippen molar-refractivity contribution >= 4 is 5.91 Å². The summed E-state index contributed by atoms with van der Waals surface area (Å²) >= 11 is 0. The molecule has 0 radical (unpaired) electrons. The summed E-state index contributed by atoms with van der Waals surface area (Å²) < 4.78 is 10.5. The Balaban J connectivity index is 2.02. The van der Waals surface area contributed by atoms with Gasteiger partial charge in [0.15, 0.2) is 11.5 Å². The molecule has 1 atom stereocenters. The summed E-state index contributed by atoms with van der Waals surface area (Å²) in [5.41, 5.74) is 0.947. The van der Waals surface area contributed by atoms with E-state index in [9.17, 15) is 4.79 Å². The van der Waals surface area contributed by atoms with Crippen molar-refractivity contribution in [1.82, 2.24) is 10.2 Å². The summed E-state index contributed by atoms with van der Waals surface area (Å²) in [7, 11) is 3.21. The predicted molar refractivity (Wildman–Crippen MR) is 86.5 cm³/mol. The molecule has 1 aliphatic heterocycles. The van der Waals surface area contributed by atoms with Crippen molar-refractivity contribution in [2.45, 2.75) is 26.3 Å². The minimum Gasteiger partial charge on any atom is -0.493 e. The van der Waals surface area contributed by atoms with Crippen molar-refractivity contribution in [3.63, 3.8) is 0 Å². The lowest BCUT2D eigenvalue weighted by atomic mass is 10.0. The van der Waals surface area contributed by atoms with Crippen LogP contribution in [-0.2, 0) is 11.2 Å². The third kappa shape index (κ3) is 3.91. The first kappa shape index (κ1) is 16.6. The second-order valence-electron chi connectivity index (χ2n) is 6.01. The van der Waals surface area contributed by atoms with Crippen LogP contribution in [0.2, 0.25) is 0 Å². The number of piperazine rings is 1. The standard InChI is InChI=1S/C17H26N2O3/c1-12(2)14-11-19(8-7-18-14)17(20)10-13-5-6-15(21-3)16(9-13)22-4/h5-6,9,12,14,18H,7-8,10-11H2,1-4H3/t14-/m1/s1. The van der Waals surface area contributed by atoms with Gasteiger partial charge in [-0.1, -0.05) is 19.9 Å². The number of carbonyl (C=O) groups is 1. The number of rotatable bonds is 5. The third-order valence-corrected chi connectivity index (χ3v) is 4.17. The second kappa shape index (κ2) is 7.49. The Hall–Kier alpha value is -1.75. The Labute approximate surface area is 132 Å². The largest absolute Gasteiger partial charge is 0.493 e. The van der Waals surface area contributed by atoms with Crippen LogP contribution in [0.25, 0.3) is 0 Å². The van der Waals surface area contributed by atoms with Gasteiger partial charge >= 0.3 is 0 Å². The molecule has 0 bridgehead atoms. The lowest BCUT2D eigenvalue weighted by Crippen LogP contribution is -2.54. The Morgan fingerprint density at radius 2 is 2.05 bits per heavy atom. The van der Waals surface area contributed by atoms with Crippen molar-refractivity contribution in [2.24, 2.45) is 5.92 Å². The molecule has 1 amide bonds. The Bertz CT molecular complexity index is 517. The highest BCUT2D eigenvalue weighted by molar-refractivity contribution is 5.79. The van der Waals surface area contributed by atoms with Crippen molar-refractivity contribution in [3.8, 4) is 11.5 Å². The highest BCUT2D eigenvalue weighted by Crippen LogP contribution is 2.27. The molecule has 1 aromatic carbocycles. The molecule has 0 saturated carbocycles. The van der Waals surface area contributed by atoms with Crippen molar-refractivity contribution < 1.29 is 14.3 Å². The van der Waals surface area contributed by atoms with Gasteiger partial charge < -0.3 is 19.7 Å². The number of nitrogens with zero attached hydrogens (tertiary/aromatic N) is 1. The van der Waals surface area contributed by atoms with Gasteiger partial charge in [-0.05, 0) is 23.6 Å². The number of hydrogen-bond donors (Lipinski definition) is 1. The minimum atomic E-state index is 0.166. The summed E-state index contributed by atoms with van der Waals surface area (Å²) in [5.74, 6) is 2.03. The molecule has 5 heteroatoms. The molecule has 122 valence electrons. The molecule has 1 N–H and O–H groups in total. The van der Waals surface area contributed by atoms with Crippen molar-refractivity contribution in [2.75, 3.05) is 33.9 Å². The normalized spacial score (nSPS) is 18.4. The van der Waals surface area contributed by atoms with Crippen LogP contribution in [0.1, 0.15) is 19.4 Å². The fraction of sp³-hybridized carbons (Fsp3) is 0.588. The zero-order valence-electron chi connectivity index (χ0n) is 13.9. The summed E-state index contributed by atoms with van der Waals surface area (Å²) in [6, 6.07) is 6.01. The van der Waals surface area contributed by atoms with Gasteiger partial charge in [-0.15, -0.1) is 0 Å². The smallest absolute Gasteiger partial charge is 0.227 e. The molecule has 0 unspecified atom stereocenters. The molecule has 2 rings (SSSR count). The molecule has 1 saturated heterocycles. The predicted octanol–water partition coefficient (Wildman–Crippen LogP) is 1.70. The van der Waals surface area contributed by atoms with E-state index in [1.54, 1.807) is 14.2 Å². The van der Waals surface area contributed by atoms with Gasteiger partial charge in [-0.25, -0.2) is 0 Å². The fourth-order valence-electron chi connectivity index (χ4n) is 2.73. The highest BCUT2D eigenvalue weighted by atomic mass is 16.5. The average Bonchev–Trinajstić information content (AvgIpc) is 2.54. The van der Waals surface area contributed by atoms with Gasteiger partial charge in [0.05, 0.1) is 20.6 Å². The van der Waals surface area contributed by atoms with Gasteiger partial charge in [0, 0.05) is 25.7 Å². The number of amides is 1. The number of hydrogen-bond acceptors (Lipinski definition) is 4. The van der Waals surface area contributed by atoms with E-state index >= 15 is 0 Å². The number of carbonyl (C=O) groups excluding carboxylic acids is 1. The molecule has 1 aliphatic rings. The van der Waals surface area contributed by atoms with Gasteiger partial charge in [-0.3, -0.25) is 4.79 Å². The van der Waals surface area contributed by atoms with Crippen molar-refractivity contribution in [1.29, 1.82) is 0 Å². The molecule has 0 spiro atoms. The van der Waals surface area contributed by atoms with Gasteiger partial charge in [0.2, 0.25) is 5.91 Å². The first-order valence-corrected chi connectivity index (χ1v) is 7.77. The second-order valence-corrected chi connectivity index (χ2v) is 6.01. The lowest BCUT2D eigenvalue weighted by Gasteiger charge is -2.35. The van der Waals surface area contributed by atoms with Gasteiger partial charge in [-0.2, -0.15) is 0 Å². The van der Waals surface area contributed by atoms with E-state index in [4.69, 9.17) is 9.47 Å². The van der Waals surface area contributed by atoms with Crippen LogP contribution in [0.4, 0.5) is 0 Å². The third-order valence-electron chi connectivity index (χ3n) is 4.17. The van der Waals surface area contributed by atoms with E-state index in [1.807, 2.05) is 23.1 Å². The van der Waals surface area contributed by atoms with Crippen LogP contribution >= 0.6 is 0 Å². The SMILES string of the molecule is COc1ccc(CC(=O)N2CCN[C@@H](C(C)C)C2)cc1OC. The average molecular weight is 306 g/mol. The van der Waals surface area contributed by atoms with Gasteiger partial charge in [0.1, 0.15) is 0 Å². The van der Waals surface area contributed by atoms with E-state index in [-0.39, 0.29) is 5.91 Å². The number of nitrogens with one attached hydrogen (secondary N) is 1. The quantitative estimate of drug-likeness (QED) is 0.899. The highest BCUT2D eigenvalue weighted by Gasteiger charge is 2.25. The number of benzene rings is 1. The Morgan fingerprint density at radius 1 is 1.32 bits per heavy atom. The van der Waals surface area contributed by atoms with Crippen LogP contribution in [0.3, 0.4) is 0 Å². The maximum Gasteiger partial charge on any atom is 0.227 e. The maximum atomic E-state index is 12.5. The van der Waals surface area contributed by atoms with E-state index in [2.05, 4.69) is 19.2 Å². The molecule has 5 nitrogen and oxygen atoms in total. The monoisotopic (exact) mass is 306 g/mol. The molecule has 1 heterocycles. The van der Waals surface area contributed by atoms with Crippen LogP contribution in [0.15, 0.2) is 18.2 Å². The topological polar surface area (TPSA) is 50.8 Å². The van der Waals surface area contributed by atoms with Crippen LogP contribution < -0.4 is 14.8 Å². The molecule has 1 fully saturated rings. The lowest BCUT2D eigenvalue weighted by molar-refractivity contribution is -0.131. The molecule has 0 aliphatic carbocycles. The van der Waals surface area contributed by atoms with E-state index in [1.165, 1.54) is 0 Å².